The highest BCUT2D eigenvalue weighted by atomic mass is 16.5. The minimum Gasteiger partial charge on any atom is -0.479 e. The molecule has 4 N–H and O–H groups in total. The molecular weight excluding hydrogens is 242 g/mol. The van der Waals surface area contributed by atoms with Crippen LogP contribution in [0.15, 0.2) is 18.5 Å². The molecule has 0 fully saturated rings. The summed E-state index contributed by atoms with van der Waals surface area (Å²) in [5.74, 6) is -1.80. The van der Waals surface area contributed by atoms with Gasteiger partial charge in [-0.25, -0.2) is 9.59 Å². The average molecular weight is 253 g/mol. The molecule has 0 saturated carbocycles. The number of carbonyl (C=O) groups is 3. The third-order valence-electron chi connectivity index (χ3n) is 1.89. The van der Waals surface area contributed by atoms with Crippen molar-refractivity contribution in [3.63, 3.8) is 0 Å². The normalized spacial score (nSPS) is 11.4. The summed E-state index contributed by atoms with van der Waals surface area (Å²) in [4.78, 5) is 36.1. The zero-order chi connectivity index (χ0) is 13.7. The van der Waals surface area contributed by atoms with Crippen LogP contribution >= 0.6 is 0 Å². The van der Waals surface area contributed by atoms with E-state index in [-0.39, 0.29) is 11.3 Å². The molecule has 1 unspecified atom stereocenters. The second-order valence-corrected chi connectivity index (χ2v) is 3.33. The van der Waals surface area contributed by atoms with Crippen LogP contribution in [0.2, 0.25) is 0 Å². The van der Waals surface area contributed by atoms with E-state index in [1.807, 2.05) is 5.32 Å². The van der Waals surface area contributed by atoms with Crippen molar-refractivity contribution in [2.45, 2.75) is 13.0 Å². The van der Waals surface area contributed by atoms with Crippen LogP contribution in [0, 0.1) is 0 Å². The molecule has 0 saturated heterocycles. The maximum absolute atomic E-state index is 11.3. The number of imide groups is 1. The number of rotatable bonds is 4. The number of amides is 3. The van der Waals surface area contributed by atoms with Gasteiger partial charge < -0.3 is 15.6 Å². The Morgan fingerprint density at radius 3 is 2.67 bits per heavy atom. The zero-order valence-corrected chi connectivity index (χ0v) is 9.41. The number of nitrogens with zero attached hydrogens (tertiary/aromatic N) is 1. The van der Waals surface area contributed by atoms with Crippen LogP contribution in [0.3, 0.4) is 0 Å². The second kappa shape index (κ2) is 5.62. The first-order chi connectivity index (χ1) is 8.40. The summed E-state index contributed by atoms with van der Waals surface area (Å²) >= 11 is 0. The highest BCUT2D eigenvalue weighted by Gasteiger charge is 2.16. The first-order valence-electron chi connectivity index (χ1n) is 4.85. The van der Waals surface area contributed by atoms with Gasteiger partial charge in [-0.15, -0.1) is 0 Å². The van der Waals surface area contributed by atoms with Crippen LogP contribution in [0.1, 0.15) is 17.3 Å². The van der Waals surface area contributed by atoms with Crippen LogP contribution in [0.5, 0.6) is 5.75 Å². The van der Waals surface area contributed by atoms with E-state index in [0.29, 0.717) is 0 Å². The summed E-state index contributed by atoms with van der Waals surface area (Å²) in [6, 6.07) is 0.219. The summed E-state index contributed by atoms with van der Waals surface area (Å²) in [7, 11) is 0. The van der Waals surface area contributed by atoms with Gasteiger partial charge in [0.2, 0.25) is 0 Å². The van der Waals surface area contributed by atoms with Crippen molar-refractivity contribution in [3.05, 3.63) is 24.0 Å². The van der Waals surface area contributed by atoms with E-state index in [2.05, 4.69) is 4.98 Å². The van der Waals surface area contributed by atoms with E-state index in [1.54, 1.807) is 0 Å². The van der Waals surface area contributed by atoms with E-state index in [9.17, 15) is 14.4 Å². The quantitative estimate of drug-likeness (QED) is 0.677. The smallest absolute Gasteiger partial charge is 0.337 e. The predicted octanol–water partition coefficient (Wildman–Crippen LogP) is -0.258. The molecule has 0 aromatic carbocycles. The standard InChI is InChI=1S/C10H11N3O5/c1-5(8(14)13-10(11)17)18-7-2-6(9(15)16)3-12-4-7/h2-5H,1H3,(H,15,16)(H3,11,13,14,17). The number of carbonyl (C=O) groups excluding carboxylic acids is 2. The number of primary amides is 1. The summed E-state index contributed by atoms with van der Waals surface area (Å²) in [6.07, 6.45) is 1.38. The van der Waals surface area contributed by atoms with Crippen molar-refractivity contribution < 1.29 is 24.2 Å². The molecule has 18 heavy (non-hydrogen) atoms. The fraction of sp³-hybridized carbons (Fsp3) is 0.200. The number of ether oxygens (including phenoxy) is 1. The Morgan fingerprint density at radius 2 is 2.11 bits per heavy atom. The Labute approximate surface area is 102 Å². The molecule has 0 aliphatic carbocycles. The van der Waals surface area contributed by atoms with E-state index in [0.717, 1.165) is 6.20 Å². The highest BCUT2D eigenvalue weighted by Crippen LogP contribution is 2.13. The molecule has 8 nitrogen and oxygen atoms in total. The van der Waals surface area contributed by atoms with Crippen molar-refractivity contribution in [1.29, 1.82) is 0 Å². The van der Waals surface area contributed by atoms with Crippen LogP contribution in [-0.2, 0) is 4.79 Å². The minimum absolute atomic E-state index is 0.0741. The van der Waals surface area contributed by atoms with Gasteiger partial charge in [0.25, 0.3) is 5.91 Å². The van der Waals surface area contributed by atoms with Crippen molar-refractivity contribution in [3.8, 4) is 5.75 Å². The van der Waals surface area contributed by atoms with Gasteiger partial charge in [-0.05, 0) is 13.0 Å². The minimum atomic E-state index is -1.16. The number of hydrogen-bond acceptors (Lipinski definition) is 5. The van der Waals surface area contributed by atoms with Crippen molar-refractivity contribution in [2.24, 2.45) is 5.73 Å². The first-order valence-corrected chi connectivity index (χ1v) is 4.85. The molecular formula is C10H11N3O5. The molecule has 3 amide bonds. The summed E-state index contributed by atoms with van der Waals surface area (Å²) in [6.45, 7) is 1.38. The van der Waals surface area contributed by atoms with Gasteiger partial charge in [0, 0.05) is 6.20 Å². The molecule has 96 valence electrons. The van der Waals surface area contributed by atoms with Gasteiger partial charge in [-0.1, -0.05) is 0 Å². The number of pyridine rings is 1. The monoisotopic (exact) mass is 253 g/mol. The topological polar surface area (TPSA) is 132 Å². The van der Waals surface area contributed by atoms with Crippen LogP contribution in [0.25, 0.3) is 0 Å². The van der Waals surface area contributed by atoms with Crippen molar-refractivity contribution >= 4 is 17.9 Å². The molecule has 1 rings (SSSR count). The predicted molar refractivity (Wildman–Crippen MR) is 59.0 cm³/mol. The Balaban J connectivity index is 2.72. The van der Waals surface area contributed by atoms with Gasteiger partial charge in [-0.2, -0.15) is 0 Å². The fourth-order valence-electron chi connectivity index (χ4n) is 1.08. The van der Waals surface area contributed by atoms with Gasteiger partial charge >= 0.3 is 12.0 Å². The van der Waals surface area contributed by atoms with Crippen LogP contribution < -0.4 is 15.8 Å². The summed E-state index contributed by atoms with van der Waals surface area (Å²) in [5, 5.41) is 10.6. The van der Waals surface area contributed by atoms with E-state index in [1.165, 1.54) is 19.2 Å². The van der Waals surface area contributed by atoms with Gasteiger partial charge in [0.05, 0.1) is 11.8 Å². The maximum Gasteiger partial charge on any atom is 0.337 e. The Bertz CT molecular complexity index is 488. The average Bonchev–Trinajstić information content (AvgIpc) is 2.28. The molecule has 0 radical (unpaired) electrons. The van der Waals surface area contributed by atoms with Gasteiger partial charge in [0.1, 0.15) is 5.75 Å². The Kier molecular flexibility index (Phi) is 4.19. The molecule has 1 atom stereocenters. The van der Waals surface area contributed by atoms with E-state index < -0.39 is 24.0 Å². The molecule has 1 aromatic heterocycles. The number of nitrogens with two attached hydrogens (primary N) is 1. The lowest BCUT2D eigenvalue weighted by atomic mass is 10.3. The Morgan fingerprint density at radius 1 is 1.44 bits per heavy atom. The zero-order valence-electron chi connectivity index (χ0n) is 9.41. The number of carboxylic acid groups (broad SMARTS) is 1. The molecule has 0 aliphatic heterocycles. The second-order valence-electron chi connectivity index (χ2n) is 3.33. The lowest BCUT2D eigenvalue weighted by Gasteiger charge is -2.13. The highest BCUT2D eigenvalue weighted by molar-refractivity contribution is 5.95. The van der Waals surface area contributed by atoms with Gasteiger partial charge in [-0.3, -0.25) is 15.1 Å². The molecule has 0 bridgehead atoms. The van der Waals surface area contributed by atoms with E-state index in [4.69, 9.17) is 15.6 Å². The van der Waals surface area contributed by atoms with Crippen LogP contribution in [0.4, 0.5) is 4.79 Å². The van der Waals surface area contributed by atoms with Crippen LogP contribution in [-0.4, -0.2) is 34.1 Å². The van der Waals surface area contributed by atoms with Gasteiger partial charge in [0.15, 0.2) is 6.10 Å². The largest absolute Gasteiger partial charge is 0.479 e. The van der Waals surface area contributed by atoms with Crippen molar-refractivity contribution in [2.75, 3.05) is 0 Å². The molecule has 8 heteroatoms. The lowest BCUT2D eigenvalue weighted by molar-refractivity contribution is -0.126. The molecule has 1 aromatic rings. The maximum atomic E-state index is 11.3. The summed E-state index contributed by atoms with van der Waals surface area (Å²) < 4.78 is 5.12. The summed E-state index contributed by atoms with van der Waals surface area (Å²) in [5.41, 5.74) is 4.70. The fourth-order valence-corrected chi connectivity index (χ4v) is 1.08. The number of urea groups is 1. The van der Waals surface area contributed by atoms with Crippen molar-refractivity contribution in [1.82, 2.24) is 10.3 Å². The SMILES string of the molecule is CC(Oc1cncc(C(=O)O)c1)C(=O)NC(N)=O. The number of hydrogen-bond donors (Lipinski definition) is 3. The molecule has 0 spiro atoms. The number of aromatic carboxylic acids is 1. The first kappa shape index (κ1) is 13.4. The molecule has 1 heterocycles. The number of nitrogens with one attached hydrogen (secondary N) is 1. The number of aromatic nitrogens is 1. The Hall–Kier alpha value is -2.64. The van der Waals surface area contributed by atoms with E-state index >= 15 is 0 Å². The molecule has 0 aliphatic rings. The third-order valence-corrected chi connectivity index (χ3v) is 1.89. The number of carboxylic acids is 1. The third kappa shape index (κ3) is 3.74. The lowest BCUT2D eigenvalue weighted by Crippen LogP contribution is -2.42.